The van der Waals surface area contributed by atoms with Gasteiger partial charge in [-0.3, -0.25) is 7.74 Å². The standard InChI is InChI=1S/C11H26O8S2Si2/c1-22(2,3)18-20(12,13)16-10-8-7-9-11(10)17-21(14,15)19-23(4,5)6/h10-11H,7-9H2,1-6H3. The van der Waals surface area contributed by atoms with Crippen molar-refractivity contribution in [3.8, 4) is 0 Å². The molecule has 1 aliphatic rings. The van der Waals surface area contributed by atoms with Crippen molar-refractivity contribution < 1.29 is 32.9 Å². The highest BCUT2D eigenvalue weighted by atomic mass is 32.3. The average molecular weight is 407 g/mol. The van der Waals surface area contributed by atoms with E-state index in [1.165, 1.54) is 0 Å². The van der Waals surface area contributed by atoms with E-state index in [4.69, 9.17) is 16.1 Å². The zero-order valence-electron chi connectivity index (χ0n) is 14.4. The molecule has 0 bridgehead atoms. The lowest BCUT2D eigenvalue weighted by Crippen LogP contribution is -2.37. The number of hydrogen-bond acceptors (Lipinski definition) is 8. The molecule has 2 atom stereocenters. The van der Waals surface area contributed by atoms with Gasteiger partial charge >= 0.3 is 20.8 Å². The SMILES string of the molecule is C[Si](C)(C)OS(=O)(=O)OC1CCCC1OS(=O)(=O)O[Si](C)(C)C. The summed E-state index contributed by atoms with van der Waals surface area (Å²) in [5.74, 6) is 0. The highest BCUT2D eigenvalue weighted by Crippen LogP contribution is 2.29. The monoisotopic (exact) mass is 406 g/mol. The van der Waals surface area contributed by atoms with Crippen LogP contribution in [0.25, 0.3) is 0 Å². The van der Waals surface area contributed by atoms with Crippen molar-refractivity contribution >= 4 is 37.4 Å². The van der Waals surface area contributed by atoms with Crippen LogP contribution in [0, 0.1) is 0 Å². The van der Waals surface area contributed by atoms with Gasteiger partial charge in [0.25, 0.3) is 0 Å². The molecule has 8 nitrogen and oxygen atoms in total. The molecule has 0 saturated heterocycles. The maximum Gasteiger partial charge on any atom is 0.390 e. The molecule has 0 aromatic heterocycles. The van der Waals surface area contributed by atoms with Crippen molar-refractivity contribution in [2.75, 3.05) is 0 Å². The van der Waals surface area contributed by atoms with Crippen LogP contribution in [0.15, 0.2) is 0 Å². The molecule has 0 spiro atoms. The Morgan fingerprint density at radius 2 is 1.00 bits per heavy atom. The molecular formula is C11H26O8S2Si2. The van der Waals surface area contributed by atoms with Crippen LogP contribution in [0.1, 0.15) is 19.3 Å². The van der Waals surface area contributed by atoms with Gasteiger partial charge in [0.05, 0.1) is 0 Å². The Kier molecular flexibility index (Phi) is 6.64. The third-order valence-corrected chi connectivity index (χ3v) is 9.18. The van der Waals surface area contributed by atoms with E-state index in [0.29, 0.717) is 19.3 Å². The van der Waals surface area contributed by atoms with Crippen LogP contribution in [0.3, 0.4) is 0 Å². The number of hydrogen-bond donors (Lipinski definition) is 0. The lowest BCUT2D eigenvalue weighted by Gasteiger charge is -2.23. The molecule has 1 fully saturated rings. The molecule has 0 aliphatic heterocycles. The van der Waals surface area contributed by atoms with Crippen LogP contribution in [-0.4, -0.2) is 45.7 Å². The maximum atomic E-state index is 11.9. The second-order valence-electron chi connectivity index (χ2n) is 7.41. The molecule has 0 aromatic carbocycles. The minimum Gasteiger partial charge on any atom is -0.294 e. The van der Waals surface area contributed by atoms with Gasteiger partial charge in [0.2, 0.25) is 16.6 Å². The van der Waals surface area contributed by atoms with Gasteiger partial charge in [0.15, 0.2) is 0 Å². The summed E-state index contributed by atoms with van der Waals surface area (Å²) in [4.78, 5) is 0. The van der Waals surface area contributed by atoms with Crippen LogP contribution in [-0.2, 0) is 36.9 Å². The summed E-state index contributed by atoms with van der Waals surface area (Å²) in [6.07, 6.45) is -0.434. The predicted octanol–water partition coefficient (Wildman–Crippen LogP) is 2.13. The van der Waals surface area contributed by atoms with E-state index in [9.17, 15) is 16.8 Å². The van der Waals surface area contributed by atoms with E-state index in [1.807, 2.05) is 0 Å². The topological polar surface area (TPSA) is 105 Å². The van der Waals surface area contributed by atoms with E-state index in [0.717, 1.165) is 0 Å². The summed E-state index contributed by atoms with van der Waals surface area (Å²) >= 11 is 0. The summed E-state index contributed by atoms with van der Waals surface area (Å²) in [5, 5.41) is 0. The highest BCUT2D eigenvalue weighted by Gasteiger charge is 2.39. The first kappa shape index (κ1) is 21.2. The first-order valence-corrected chi connectivity index (χ1v) is 16.8. The summed E-state index contributed by atoms with van der Waals surface area (Å²) in [5.41, 5.74) is 0. The average Bonchev–Trinajstić information content (AvgIpc) is 2.55. The molecule has 0 heterocycles. The fourth-order valence-corrected chi connectivity index (χ4v) is 8.33. The van der Waals surface area contributed by atoms with Gasteiger partial charge < -0.3 is 0 Å². The minimum absolute atomic E-state index is 0.376. The second kappa shape index (κ2) is 7.19. The van der Waals surface area contributed by atoms with Gasteiger partial charge in [-0.2, -0.15) is 16.8 Å². The van der Waals surface area contributed by atoms with Gasteiger partial charge in [0, 0.05) is 0 Å². The van der Waals surface area contributed by atoms with Gasteiger partial charge in [-0.25, -0.2) is 8.37 Å². The maximum absolute atomic E-state index is 11.9. The normalized spacial score (nSPS) is 24.1. The molecule has 138 valence electrons. The van der Waals surface area contributed by atoms with Gasteiger partial charge in [-0.15, -0.1) is 0 Å². The molecule has 1 rings (SSSR count). The summed E-state index contributed by atoms with van der Waals surface area (Å²) < 4.78 is 67.7. The lowest BCUT2D eigenvalue weighted by atomic mass is 10.3. The fraction of sp³-hybridized carbons (Fsp3) is 1.00. The first-order valence-electron chi connectivity index (χ1n) is 7.36. The van der Waals surface area contributed by atoms with Crippen molar-refractivity contribution in [2.45, 2.75) is 70.8 Å². The molecule has 0 N–H and O–H groups in total. The van der Waals surface area contributed by atoms with E-state index in [2.05, 4.69) is 0 Å². The summed E-state index contributed by atoms with van der Waals surface area (Å²) in [6.45, 7) is 10.3. The molecule has 2 unspecified atom stereocenters. The van der Waals surface area contributed by atoms with E-state index >= 15 is 0 Å². The number of rotatable bonds is 8. The second-order valence-corrected chi connectivity index (χ2v) is 19.2. The van der Waals surface area contributed by atoms with Crippen molar-refractivity contribution in [1.82, 2.24) is 0 Å². The van der Waals surface area contributed by atoms with Crippen LogP contribution in [0.2, 0.25) is 39.3 Å². The Morgan fingerprint density at radius 3 is 1.26 bits per heavy atom. The molecule has 1 aliphatic carbocycles. The molecule has 0 amide bonds. The predicted molar refractivity (Wildman–Crippen MR) is 90.3 cm³/mol. The lowest BCUT2D eigenvalue weighted by molar-refractivity contribution is 0.0701. The largest absolute Gasteiger partial charge is 0.390 e. The Hall–Kier alpha value is 0.174. The Morgan fingerprint density at radius 1 is 0.696 bits per heavy atom. The third kappa shape index (κ3) is 8.72. The molecular weight excluding hydrogens is 380 g/mol. The van der Waals surface area contributed by atoms with Crippen molar-refractivity contribution in [2.24, 2.45) is 0 Å². The zero-order valence-corrected chi connectivity index (χ0v) is 18.0. The third-order valence-electron chi connectivity index (χ3n) is 2.58. The molecule has 0 radical (unpaired) electrons. The Balaban J connectivity index is 2.75. The van der Waals surface area contributed by atoms with Crippen molar-refractivity contribution in [1.29, 1.82) is 0 Å². The highest BCUT2D eigenvalue weighted by molar-refractivity contribution is 7.83. The molecule has 1 saturated carbocycles. The van der Waals surface area contributed by atoms with E-state index in [1.54, 1.807) is 39.3 Å². The molecule has 23 heavy (non-hydrogen) atoms. The Bertz CT molecular complexity index is 549. The van der Waals surface area contributed by atoms with Crippen LogP contribution in [0.4, 0.5) is 0 Å². The summed E-state index contributed by atoms with van der Waals surface area (Å²) in [6, 6.07) is 0. The Labute approximate surface area is 141 Å². The van der Waals surface area contributed by atoms with Gasteiger partial charge in [-0.1, -0.05) is 0 Å². The van der Waals surface area contributed by atoms with E-state index < -0.39 is 49.6 Å². The van der Waals surface area contributed by atoms with E-state index in [-0.39, 0.29) is 0 Å². The smallest absolute Gasteiger partial charge is 0.294 e. The summed E-state index contributed by atoms with van der Waals surface area (Å²) in [7, 11) is -13.1. The molecule has 0 aromatic rings. The molecule has 12 heteroatoms. The van der Waals surface area contributed by atoms with Crippen LogP contribution in [0.5, 0.6) is 0 Å². The zero-order chi connectivity index (χ0) is 18.1. The van der Waals surface area contributed by atoms with Crippen LogP contribution >= 0.6 is 0 Å². The van der Waals surface area contributed by atoms with Crippen LogP contribution < -0.4 is 0 Å². The van der Waals surface area contributed by atoms with Crippen molar-refractivity contribution in [3.05, 3.63) is 0 Å². The van der Waals surface area contributed by atoms with Gasteiger partial charge in [-0.05, 0) is 58.5 Å². The fourth-order valence-electron chi connectivity index (χ4n) is 2.07. The van der Waals surface area contributed by atoms with Crippen molar-refractivity contribution in [3.63, 3.8) is 0 Å². The van der Waals surface area contributed by atoms with Gasteiger partial charge in [0.1, 0.15) is 12.2 Å². The quantitative estimate of drug-likeness (QED) is 0.564. The first-order chi connectivity index (χ1) is 10.1. The minimum atomic E-state index is -4.19.